The van der Waals surface area contributed by atoms with Crippen molar-refractivity contribution < 1.29 is 4.74 Å². The van der Waals surface area contributed by atoms with Gasteiger partial charge in [-0.3, -0.25) is 0 Å². The minimum absolute atomic E-state index is 0.567. The summed E-state index contributed by atoms with van der Waals surface area (Å²) in [5.74, 6) is 1.44. The van der Waals surface area contributed by atoms with E-state index < -0.39 is 0 Å². The van der Waals surface area contributed by atoms with Crippen LogP contribution < -0.4 is 4.74 Å². The zero-order valence-electron chi connectivity index (χ0n) is 6.96. The van der Waals surface area contributed by atoms with E-state index in [1.54, 1.807) is 13.3 Å². The van der Waals surface area contributed by atoms with Gasteiger partial charge in [0.2, 0.25) is 5.88 Å². The molecule has 0 spiro atoms. The van der Waals surface area contributed by atoms with E-state index in [0.717, 1.165) is 16.9 Å². The molecule has 0 saturated carbocycles. The Hall–Kier alpha value is -1.58. The first-order valence-electron chi connectivity index (χ1n) is 3.66. The fourth-order valence-electron chi connectivity index (χ4n) is 1.18. The van der Waals surface area contributed by atoms with Crippen molar-refractivity contribution in [1.82, 2.24) is 15.0 Å². The number of aromatic amines is 1. The molecule has 0 aliphatic rings. The predicted molar refractivity (Wildman–Crippen MR) is 45.2 cm³/mol. The third kappa shape index (κ3) is 0.922. The van der Waals surface area contributed by atoms with E-state index in [1.807, 2.05) is 13.0 Å². The van der Waals surface area contributed by atoms with Gasteiger partial charge in [0.05, 0.1) is 12.6 Å². The van der Waals surface area contributed by atoms with Crippen molar-refractivity contribution >= 4 is 11.0 Å². The van der Waals surface area contributed by atoms with Gasteiger partial charge in [-0.25, -0.2) is 9.97 Å². The van der Waals surface area contributed by atoms with E-state index in [9.17, 15) is 0 Å². The van der Waals surface area contributed by atoms with Crippen molar-refractivity contribution in [2.75, 3.05) is 7.11 Å². The van der Waals surface area contributed by atoms with Crippen molar-refractivity contribution in [1.29, 1.82) is 0 Å². The van der Waals surface area contributed by atoms with Gasteiger partial charge in [0, 0.05) is 6.20 Å². The molecular formula is C8H9N3O. The van der Waals surface area contributed by atoms with Crippen molar-refractivity contribution in [2.45, 2.75) is 6.92 Å². The van der Waals surface area contributed by atoms with E-state index in [-0.39, 0.29) is 0 Å². The number of H-pyrrole nitrogens is 1. The molecule has 0 aliphatic heterocycles. The van der Waals surface area contributed by atoms with Gasteiger partial charge in [-0.05, 0) is 13.0 Å². The summed E-state index contributed by atoms with van der Waals surface area (Å²) in [6, 6.07) is 1.87. The van der Waals surface area contributed by atoms with E-state index >= 15 is 0 Å². The average molecular weight is 163 g/mol. The quantitative estimate of drug-likeness (QED) is 0.688. The van der Waals surface area contributed by atoms with Gasteiger partial charge in [-0.2, -0.15) is 0 Å². The summed E-state index contributed by atoms with van der Waals surface area (Å²) >= 11 is 0. The molecule has 4 heteroatoms. The molecule has 2 aromatic heterocycles. The number of fused-ring (bicyclic) bond motifs is 1. The van der Waals surface area contributed by atoms with E-state index in [2.05, 4.69) is 15.0 Å². The largest absolute Gasteiger partial charge is 0.479 e. The fourth-order valence-corrected chi connectivity index (χ4v) is 1.18. The maximum atomic E-state index is 5.05. The summed E-state index contributed by atoms with van der Waals surface area (Å²) in [7, 11) is 1.59. The number of aryl methyl sites for hydroxylation is 1. The molecule has 4 nitrogen and oxygen atoms in total. The highest BCUT2D eigenvalue weighted by Gasteiger charge is 2.05. The Morgan fingerprint density at radius 2 is 2.33 bits per heavy atom. The van der Waals surface area contributed by atoms with E-state index in [0.29, 0.717) is 5.88 Å². The summed E-state index contributed by atoms with van der Waals surface area (Å²) in [5, 5.41) is 0. The monoisotopic (exact) mass is 163 g/mol. The smallest absolute Gasteiger partial charge is 0.241 e. The van der Waals surface area contributed by atoms with Crippen LogP contribution in [0.1, 0.15) is 5.82 Å². The molecule has 12 heavy (non-hydrogen) atoms. The van der Waals surface area contributed by atoms with Crippen LogP contribution >= 0.6 is 0 Å². The zero-order chi connectivity index (χ0) is 8.55. The lowest BCUT2D eigenvalue weighted by Gasteiger charge is -1.96. The highest BCUT2D eigenvalue weighted by Crippen LogP contribution is 2.19. The van der Waals surface area contributed by atoms with Gasteiger partial charge in [-0.15, -0.1) is 0 Å². The molecule has 0 unspecified atom stereocenters. The lowest BCUT2D eigenvalue weighted by atomic mass is 10.4. The first kappa shape index (κ1) is 7.09. The molecule has 62 valence electrons. The molecule has 2 aromatic rings. The van der Waals surface area contributed by atoms with Crippen LogP contribution in [0, 0.1) is 6.92 Å². The maximum absolute atomic E-state index is 5.05. The standard InChI is InChI=1S/C8H9N3O/c1-5-10-6-3-4-9-8(12-2)7(6)11-5/h3-4H,1-2H3,(H,10,11). The minimum atomic E-state index is 0.567. The SMILES string of the molecule is COc1nccc2[nH]c(C)nc12. The third-order valence-corrected chi connectivity index (χ3v) is 1.68. The number of rotatable bonds is 1. The van der Waals surface area contributed by atoms with Crippen LogP contribution in [0.15, 0.2) is 12.3 Å². The van der Waals surface area contributed by atoms with Crippen molar-refractivity contribution in [3.8, 4) is 5.88 Å². The maximum Gasteiger partial charge on any atom is 0.241 e. The molecule has 0 aliphatic carbocycles. The first-order valence-corrected chi connectivity index (χ1v) is 3.66. The number of hydrogen-bond acceptors (Lipinski definition) is 3. The Morgan fingerprint density at radius 3 is 3.08 bits per heavy atom. The lowest BCUT2D eigenvalue weighted by molar-refractivity contribution is 0.402. The number of pyridine rings is 1. The van der Waals surface area contributed by atoms with Crippen LogP contribution in [0.2, 0.25) is 0 Å². The van der Waals surface area contributed by atoms with Crippen molar-refractivity contribution in [3.05, 3.63) is 18.1 Å². The Kier molecular flexibility index (Phi) is 1.46. The molecular weight excluding hydrogens is 154 g/mol. The lowest BCUT2D eigenvalue weighted by Crippen LogP contribution is -1.87. The molecule has 0 atom stereocenters. The molecule has 0 amide bonds. The molecule has 0 bridgehead atoms. The number of nitrogens with zero attached hydrogens (tertiary/aromatic N) is 2. The number of ether oxygens (including phenoxy) is 1. The predicted octanol–water partition coefficient (Wildman–Crippen LogP) is 1.27. The van der Waals surface area contributed by atoms with Gasteiger partial charge in [0.15, 0.2) is 5.52 Å². The van der Waals surface area contributed by atoms with Crippen LogP contribution in [0.3, 0.4) is 0 Å². The molecule has 2 rings (SSSR count). The summed E-state index contributed by atoms with van der Waals surface area (Å²) in [5.41, 5.74) is 1.75. The first-order chi connectivity index (χ1) is 5.81. The second-order valence-electron chi connectivity index (χ2n) is 2.54. The van der Waals surface area contributed by atoms with Crippen molar-refractivity contribution in [2.24, 2.45) is 0 Å². The zero-order valence-corrected chi connectivity index (χ0v) is 6.96. The van der Waals surface area contributed by atoms with Gasteiger partial charge < -0.3 is 9.72 Å². The second-order valence-corrected chi connectivity index (χ2v) is 2.54. The van der Waals surface area contributed by atoms with Gasteiger partial charge in [0.25, 0.3) is 0 Å². The van der Waals surface area contributed by atoms with Crippen LogP contribution in [0.4, 0.5) is 0 Å². The summed E-state index contributed by atoms with van der Waals surface area (Å²) < 4.78 is 5.05. The van der Waals surface area contributed by atoms with Crippen LogP contribution in [-0.2, 0) is 0 Å². The molecule has 1 N–H and O–H groups in total. The molecule has 0 radical (unpaired) electrons. The van der Waals surface area contributed by atoms with Crippen molar-refractivity contribution in [3.63, 3.8) is 0 Å². The summed E-state index contributed by atoms with van der Waals surface area (Å²) in [4.78, 5) is 11.4. The third-order valence-electron chi connectivity index (χ3n) is 1.68. The Bertz CT molecular complexity index is 408. The number of nitrogens with one attached hydrogen (secondary N) is 1. The van der Waals surface area contributed by atoms with Crippen LogP contribution in [0.5, 0.6) is 5.88 Å². The number of hydrogen-bond donors (Lipinski definition) is 1. The number of imidazole rings is 1. The second kappa shape index (κ2) is 2.48. The Labute approximate surface area is 69.6 Å². The van der Waals surface area contributed by atoms with E-state index in [4.69, 9.17) is 4.74 Å². The van der Waals surface area contributed by atoms with Crippen LogP contribution in [-0.4, -0.2) is 22.1 Å². The Balaban J connectivity index is 2.78. The topological polar surface area (TPSA) is 50.8 Å². The Morgan fingerprint density at radius 1 is 1.50 bits per heavy atom. The van der Waals surface area contributed by atoms with Gasteiger partial charge >= 0.3 is 0 Å². The van der Waals surface area contributed by atoms with Crippen LogP contribution in [0.25, 0.3) is 11.0 Å². The number of methoxy groups -OCH3 is 1. The molecule has 0 fully saturated rings. The highest BCUT2D eigenvalue weighted by atomic mass is 16.5. The normalized spacial score (nSPS) is 10.5. The number of aromatic nitrogens is 3. The minimum Gasteiger partial charge on any atom is -0.479 e. The average Bonchev–Trinajstić information content (AvgIpc) is 2.44. The highest BCUT2D eigenvalue weighted by molar-refractivity contribution is 5.79. The molecule has 2 heterocycles. The summed E-state index contributed by atoms with van der Waals surface area (Å²) in [6.45, 7) is 1.90. The molecule has 0 saturated heterocycles. The fraction of sp³-hybridized carbons (Fsp3) is 0.250. The summed E-state index contributed by atoms with van der Waals surface area (Å²) in [6.07, 6.45) is 1.69. The molecule has 0 aromatic carbocycles. The van der Waals surface area contributed by atoms with E-state index in [1.165, 1.54) is 0 Å². The van der Waals surface area contributed by atoms with Gasteiger partial charge in [0.1, 0.15) is 5.82 Å². The van der Waals surface area contributed by atoms with Gasteiger partial charge in [-0.1, -0.05) is 0 Å².